The molecule has 0 aliphatic carbocycles. The molecule has 2 saturated heterocycles. The molecule has 0 N–H and O–H groups in total. The summed E-state index contributed by atoms with van der Waals surface area (Å²) in [6, 6.07) is -0.0666. The summed E-state index contributed by atoms with van der Waals surface area (Å²) in [5.41, 5.74) is 0.160. The molecule has 0 saturated carbocycles. The van der Waals surface area contributed by atoms with Gasteiger partial charge in [0.1, 0.15) is 4.90 Å². The van der Waals surface area contributed by atoms with Crippen LogP contribution in [0.5, 0.6) is 0 Å². The van der Waals surface area contributed by atoms with Crippen LogP contribution in [0, 0.1) is 13.8 Å². The fraction of sp³-hybridized carbons (Fsp3) is 0.824. The molecule has 9 heteroatoms. The van der Waals surface area contributed by atoms with Crippen molar-refractivity contribution < 1.29 is 17.2 Å². The van der Waals surface area contributed by atoms with Gasteiger partial charge in [0.2, 0.25) is 10.0 Å². The van der Waals surface area contributed by atoms with Crippen molar-refractivity contribution >= 4 is 10.0 Å². The maximum atomic E-state index is 13.3. The largest absolute Gasteiger partial charge is 0.333 e. The molecule has 0 aromatic carbocycles. The van der Waals surface area contributed by atoms with Crippen LogP contribution in [-0.4, -0.2) is 59.6 Å². The van der Waals surface area contributed by atoms with Gasteiger partial charge in [-0.1, -0.05) is 6.42 Å². The van der Waals surface area contributed by atoms with Gasteiger partial charge in [0, 0.05) is 12.6 Å². The highest BCUT2D eigenvalue weighted by atomic mass is 32.2. The van der Waals surface area contributed by atoms with Crippen molar-refractivity contribution in [3.63, 3.8) is 0 Å². The number of aromatic nitrogens is 2. The van der Waals surface area contributed by atoms with E-state index in [4.69, 9.17) is 0 Å². The van der Waals surface area contributed by atoms with Crippen LogP contribution in [0.4, 0.5) is 8.78 Å². The van der Waals surface area contributed by atoms with E-state index >= 15 is 0 Å². The van der Waals surface area contributed by atoms with Gasteiger partial charge in [-0.25, -0.2) is 13.1 Å². The van der Waals surface area contributed by atoms with E-state index in [2.05, 4.69) is 10.00 Å². The zero-order valence-corrected chi connectivity index (χ0v) is 16.3. The molecule has 0 bridgehead atoms. The van der Waals surface area contributed by atoms with E-state index in [0.29, 0.717) is 11.2 Å². The third-order valence-electron chi connectivity index (χ3n) is 5.56. The molecule has 0 unspecified atom stereocenters. The predicted molar refractivity (Wildman–Crippen MR) is 94.8 cm³/mol. The molecular formula is C17H28F2N4O2S. The van der Waals surface area contributed by atoms with E-state index in [0.717, 1.165) is 45.3 Å². The van der Waals surface area contributed by atoms with Crippen molar-refractivity contribution in [2.24, 2.45) is 0 Å². The highest BCUT2D eigenvalue weighted by molar-refractivity contribution is 7.89. The summed E-state index contributed by atoms with van der Waals surface area (Å²) in [4.78, 5) is 2.33. The van der Waals surface area contributed by atoms with Gasteiger partial charge in [-0.2, -0.15) is 18.2 Å². The first-order chi connectivity index (χ1) is 12.3. The first-order valence-electron chi connectivity index (χ1n) is 9.40. The van der Waals surface area contributed by atoms with Crippen molar-refractivity contribution in [3.05, 3.63) is 11.4 Å². The molecule has 6 nitrogen and oxygen atoms in total. The third kappa shape index (κ3) is 3.80. The van der Waals surface area contributed by atoms with Crippen LogP contribution in [0.2, 0.25) is 0 Å². The van der Waals surface area contributed by atoms with Crippen LogP contribution in [0.3, 0.4) is 0 Å². The Kier molecular flexibility index (Phi) is 5.98. The number of aryl methyl sites for hydroxylation is 1. The second-order valence-electron chi connectivity index (χ2n) is 7.32. The Morgan fingerprint density at radius 1 is 1.12 bits per heavy atom. The maximum Gasteiger partial charge on any atom is 0.333 e. The number of nitrogens with zero attached hydrogens (tertiary/aromatic N) is 4. The van der Waals surface area contributed by atoms with Gasteiger partial charge >= 0.3 is 6.55 Å². The van der Waals surface area contributed by atoms with Crippen LogP contribution in [0.15, 0.2) is 4.90 Å². The van der Waals surface area contributed by atoms with Crippen molar-refractivity contribution in [1.82, 2.24) is 19.0 Å². The van der Waals surface area contributed by atoms with Crippen LogP contribution < -0.4 is 0 Å². The minimum atomic E-state index is -3.83. The molecule has 26 heavy (non-hydrogen) atoms. The van der Waals surface area contributed by atoms with Gasteiger partial charge in [0.15, 0.2) is 0 Å². The second-order valence-corrected chi connectivity index (χ2v) is 9.15. The molecule has 2 aliphatic heterocycles. The number of sulfonamides is 1. The fourth-order valence-corrected chi connectivity index (χ4v) is 6.33. The standard InChI is InChI=1S/C17H28F2N4O2S/c1-13-16(14(2)23(20-13)17(18)19)26(24,25)22-11-4-3-7-15(22)8-12-21-9-5-6-10-21/h15,17H,3-12H2,1-2H3/t15-/m1/s1. The van der Waals surface area contributed by atoms with E-state index in [1.165, 1.54) is 26.7 Å². The quantitative estimate of drug-likeness (QED) is 0.749. The predicted octanol–water partition coefficient (Wildman–Crippen LogP) is 2.92. The number of halogens is 2. The minimum absolute atomic E-state index is 0.0152. The summed E-state index contributed by atoms with van der Waals surface area (Å²) in [7, 11) is -3.83. The number of hydrogen-bond acceptors (Lipinski definition) is 4. The molecule has 2 fully saturated rings. The summed E-state index contributed by atoms with van der Waals surface area (Å²) >= 11 is 0. The summed E-state index contributed by atoms with van der Waals surface area (Å²) in [5.74, 6) is 0. The third-order valence-corrected chi connectivity index (χ3v) is 7.77. The molecule has 0 radical (unpaired) electrons. The normalized spacial score (nSPS) is 23.2. The second kappa shape index (κ2) is 7.90. The molecule has 1 atom stereocenters. The maximum absolute atomic E-state index is 13.3. The lowest BCUT2D eigenvalue weighted by molar-refractivity contribution is 0.0538. The van der Waals surface area contributed by atoms with Crippen LogP contribution >= 0.6 is 0 Å². The number of rotatable bonds is 6. The average Bonchev–Trinajstić information content (AvgIpc) is 3.21. The Hall–Kier alpha value is -1.06. The van der Waals surface area contributed by atoms with Crippen molar-refractivity contribution in [2.45, 2.75) is 69.9 Å². The van der Waals surface area contributed by atoms with Crippen molar-refractivity contribution in [1.29, 1.82) is 0 Å². The molecular weight excluding hydrogens is 362 g/mol. The molecule has 1 aromatic heterocycles. The van der Waals surface area contributed by atoms with Crippen LogP contribution in [-0.2, 0) is 10.0 Å². The topological polar surface area (TPSA) is 58.4 Å². The zero-order chi connectivity index (χ0) is 18.9. The molecule has 3 heterocycles. The summed E-state index contributed by atoms with van der Waals surface area (Å²) in [6.07, 6.45) is 5.84. The van der Waals surface area contributed by atoms with Gasteiger partial charge in [-0.3, -0.25) is 0 Å². The number of piperidine rings is 1. The van der Waals surface area contributed by atoms with Crippen molar-refractivity contribution in [2.75, 3.05) is 26.2 Å². The summed E-state index contributed by atoms with van der Waals surface area (Å²) < 4.78 is 54.8. The highest BCUT2D eigenvalue weighted by Gasteiger charge is 2.37. The Bertz CT molecular complexity index is 729. The Morgan fingerprint density at radius 3 is 2.38 bits per heavy atom. The smallest absolute Gasteiger partial charge is 0.303 e. The van der Waals surface area contributed by atoms with E-state index in [9.17, 15) is 17.2 Å². The number of likely N-dealkylation sites (tertiary alicyclic amines) is 1. The lowest BCUT2D eigenvalue weighted by Gasteiger charge is -2.35. The Morgan fingerprint density at radius 2 is 1.77 bits per heavy atom. The Labute approximate surface area is 154 Å². The van der Waals surface area contributed by atoms with Gasteiger partial charge in [0.25, 0.3) is 0 Å². The lowest BCUT2D eigenvalue weighted by Crippen LogP contribution is -2.45. The first kappa shape index (κ1) is 19.7. The summed E-state index contributed by atoms with van der Waals surface area (Å²) in [5, 5.41) is 3.76. The van der Waals surface area contributed by atoms with Gasteiger partial charge in [-0.05, 0) is 65.6 Å². The first-order valence-corrected chi connectivity index (χ1v) is 10.8. The van der Waals surface area contributed by atoms with E-state index in [-0.39, 0.29) is 22.3 Å². The van der Waals surface area contributed by atoms with Crippen LogP contribution in [0.25, 0.3) is 0 Å². The highest BCUT2D eigenvalue weighted by Crippen LogP contribution is 2.31. The molecule has 148 valence electrons. The monoisotopic (exact) mass is 390 g/mol. The van der Waals surface area contributed by atoms with Gasteiger partial charge in [0.05, 0.1) is 11.4 Å². The molecule has 0 amide bonds. The van der Waals surface area contributed by atoms with E-state index in [1.54, 1.807) is 4.31 Å². The molecule has 3 rings (SSSR count). The van der Waals surface area contributed by atoms with Crippen LogP contribution in [0.1, 0.15) is 56.5 Å². The van der Waals surface area contributed by atoms with Gasteiger partial charge in [-0.15, -0.1) is 0 Å². The number of alkyl halides is 2. The fourth-order valence-electron chi connectivity index (χ4n) is 4.25. The van der Waals surface area contributed by atoms with Gasteiger partial charge < -0.3 is 4.90 Å². The average molecular weight is 391 g/mol. The summed E-state index contributed by atoms with van der Waals surface area (Å²) in [6.45, 7) is 3.56. The lowest BCUT2D eigenvalue weighted by atomic mass is 10.0. The molecule has 0 spiro atoms. The molecule has 1 aromatic rings. The van der Waals surface area contributed by atoms with E-state index < -0.39 is 16.6 Å². The minimum Gasteiger partial charge on any atom is -0.303 e. The Balaban J connectivity index is 1.84. The van der Waals surface area contributed by atoms with E-state index in [1.807, 2.05) is 0 Å². The SMILES string of the molecule is Cc1nn(C(F)F)c(C)c1S(=O)(=O)N1CCCC[C@@H]1CCN1CCCC1. The van der Waals surface area contributed by atoms with Crippen molar-refractivity contribution in [3.8, 4) is 0 Å². The molecule has 2 aliphatic rings. The zero-order valence-electron chi connectivity index (χ0n) is 15.5. The number of hydrogen-bond donors (Lipinski definition) is 0.